The van der Waals surface area contributed by atoms with E-state index in [0.29, 0.717) is 47.7 Å². The van der Waals surface area contributed by atoms with Gasteiger partial charge in [-0.3, -0.25) is 14.9 Å². The van der Waals surface area contributed by atoms with Crippen molar-refractivity contribution in [2.75, 3.05) is 31.1 Å². The average Bonchev–Trinajstić information content (AvgIpc) is 2.69. The maximum Gasteiger partial charge on any atom is 0.294 e. The van der Waals surface area contributed by atoms with Crippen LogP contribution in [0.25, 0.3) is 0 Å². The summed E-state index contributed by atoms with van der Waals surface area (Å²) >= 11 is 11.8. The van der Waals surface area contributed by atoms with Crippen molar-refractivity contribution in [3.63, 3.8) is 0 Å². The average molecular weight is 438 g/mol. The van der Waals surface area contributed by atoms with Crippen molar-refractivity contribution >= 4 is 40.5 Å². The number of hydrogen-bond donors (Lipinski definition) is 0. The summed E-state index contributed by atoms with van der Waals surface area (Å²) in [5.41, 5.74) is 1.33. The largest absolute Gasteiger partial charge is 0.481 e. The van der Waals surface area contributed by atoms with Crippen LogP contribution < -0.4 is 9.64 Å². The molecule has 29 heavy (non-hydrogen) atoms. The van der Waals surface area contributed by atoms with E-state index in [4.69, 9.17) is 27.9 Å². The van der Waals surface area contributed by atoms with Gasteiger partial charge in [0.2, 0.25) is 0 Å². The fourth-order valence-electron chi connectivity index (χ4n) is 3.32. The Balaban J connectivity index is 1.63. The van der Waals surface area contributed by atoms with Crippen molar-refractivity contribution < 1.29 is 14.5 Å². The molecular formula is C20H21Cl2N3O4. The van der Waals surface area contributed by atoms with E-state index in [1.807, 2.05) is 11.8 Å². The summed E-state index contributed by atoms with van der Waals surface area (Å²) in [5.74, 6) is 0.496. The van der Waals surface area contributed by atoms with Gasteiger partial charge in [-0.25, -0.2) is 0 Å². The topological polar surface area (TPSA) is 75.9 Å². The van der Waals surface area contributed by atoms with Gasteiger partial charge in [-0.2, -0.15) is 0 Å². The third kappa shape index (κ3) is 4.92. The predicted molar refractivity (Wildman–Crippen MR) is 113 cm³/mol. The zero-order valence-corrected chi connectivity index (χ0v) is 17.6. The standard InChI is InChI=1S/C20H21Cl2N3O4/c1-13-11-15(21)4-6-19(13)29-14(2)20(26)24-9-7-23(8-10-24)17-5-3-16(22)12-18(17)25(27)28/h3-6,11-12,14H,7-10H2,1-2H3. The Labute approximate surface area is 178 Å². The van der Waals surface area contributed by atoms with Crippen molar-refractivity contribution in [2.45, 2.75) is 20.0 Å². The van der Waals surface area contributed by atoms with Gasteiger partial charge < -0.3 is 14.5 Å². The molecule has 0 radical (unpaired) electrons. The number of rotatable bonds is 5. The van der Waals surface area contributed by atoms with Gasteiger partial charge in [-0.15, -0.1) is 0 Å². The number of amides is 1. The number of aryl methyl sites for hydroxylation is 1. The molecule has 0 spiro atoms. The first-order chi connectivity index (χ1) is 13.8. The molecule has 1 fully saturated rings. The van der Waals surface area contributed by atoms with Crippen molar-refractivity contribution in [3.05, 3.63) is 62.1 Å². The van der Waals surface area contributed by atoms with Gasteiger partial charge in [0, 0.05) is 42.3 Å². The van der Waals surface area contributed by atoms with E-state index in [2.05, 4.69) is 0 Å². The van der Waals surface area contributed by atoms with Gasteiger partial charge in [-0.05, 0) is 49.7 Å². The first-order valence-corrected chi connectivity index (χ1v) is 9.92. The lowest BCUT2D eigenvalue weighted by atomic mass is 10.2. The Hall–Kier alpha value is -2.51. The highest BCUT2D eigenvalue weighted by Crippen LogP contribution is 2.31. The van der Waals surface area contributed by atoms with Crippen LogP contribution in [0.15, 0.2) is 36.4 Å². The van der Waals surface area contributed by atoms with Crippen LogP contribution in [0.3, 0.4) is 0 Å². The summed E-state index contributed by atoms with van der Waals surface area (Å²) in [7, 11) is 0. The van der Waals surface area contributed by atoms with E-state index >= 15 is 0 Å². The van der Waals surface area contributed by atoms with Gasteiger partial charge in [0.1, 0.15) is 11.4 Å². The molecule has 0 saturated carbocycles. The Morgan fingerprint density at radius 2 is 1.72 bits per heavy atom. The Kier molecular flexibility index (Phi) is 6.49. The lowest BCUT2D eigenvalue weighted by Gasteiger charge is -2.36. The molecule has 2 aromatic carbocycles. The number of carbonyl (C=O) groups excluding carboxylic acids is 1. The molecule has 2 aromatic rings. The molecule has 1 saturated heterocycles. The third-order valence-electron chi connectivity index (χ3n) is 4.85. The number of nitrogens with zero attached hydrogens (tertiary/aromatic N) is 3. The van der Waals surface area contributed by atoms with Crippen LogP contribution in [0.2, 0.25) is 10.0 Å². The SMILES string of the molecule is Cc1cc(Cl)ccc1OC(C)C(=O)N1CCN(c2ccc(Cl)cc2[N+](=O)[O-])CC1. The summed E-state index contributed by atoms with van der Waals surface area (Å²) in [5, 5.41) is 12.3. The molecule has 0 N–H and O–H groups in total. The minimum atomic E-state index is -0.647. The van der Waals surface area contributed by atoms with Gasteiger partial charge >= 0.3 is 0 Å². The van der Waals surface area contributed by atoms with Crippen LogP contribution in [0.4, 0.5) is 11.4 Å². The monoisotopic (exact) mass is 437 g/mol. The van der Waals surface area contributed by atoms with Gasteiger partial charge in [0.15, 0.2) is 6.10 Å². The summed E-state index contributed by atoms with van der Waals surface area (Å²) in [4.78, 5) is 27.3. The number of hydrogen-bond acceptors (Lipinski definition) is 5. The zero-order valence-electron chi connectivity index (χ0n) is 16.1. The van der Waals surface area contributed by atoms with Gasteiger partial charge in [-0.1, -0.05) is 23.2 Å². The molecule has 3 rings (SSSR count). The molecule has 1 amide bonds. The number of nitro groups is 1. The maximum absolute atomic E-state index is 12.8. The zero-order chi connectivity index (χ0) is 21.1. The molecule has 0 bridgehead atoms. The van der Waals surface area contributed by atoms with Crippen LogP contribution in [0, 0.1) is 17.0 Å². The van der Waals surface area contributed by atoms with Crippen molar-refractivity contribution in [1.82, 2.24) is 4.90 Å². The number of anilines is 1. The smallest absolute Gasteiger partial charge is 0.294 e. The third-order valence-corrected chi connectivity index (χ3v) is 5.32. The molecular weight excluding hydrogens is 417 g/mol. The summed E-state index contributed by atoms with van der Waals surface area (Å²) in [6, 6.07) is 9.88. The highest BCUT2D eigenvalue weighted by Gasteiger charge is 2.29. The molecule has 0 aliphatic carbocycles. The normalized spacial score (nSPS) is 15.2. The van der Waals surface area contributed by atoms with Crippen LogP contribution in [0.5, 0.6) is 5.75 Å². The predicted octanol–water partition coefficient (Wildman–Crippen LogP) is 4.33. The van der Waals surface area contributed by atoms with Crippen LogP contribution in [0.1, 0.15) is 12.5 Å². The molecule has 1 aliphatic heterocycles. The number of piperazine rings is 1. The second kappa shape index (κ2) is 8.88. The minimum Gasteiger partial charge on any atom is -0.481 e. The molecule has 154 valence electrons. The molecule has 1 atom stereocenters. The minimum absolute atomic E-state index is 0.0350. The van der Waals surface area contributed by atoms with Gasteiger partial charge in [0.25, 0.3) is 11.6 Å². The highest BCUT2D eigenvalue weighted by molar-refractivity contribution is 6.31. The van der Waals surface area contributed by atoms with Crippen LogP contribution >= 0.6 is 23.2 Å². The summed E-state index contributed by atoms with van der Waals surface area (Å²) in [6.45, 7) is 5.46. The molecule has 0 aromatic heterocycles. The highest BCUT2D eigenvalue weighted by atomic mass is 35.5. The van der Waals surface area contributed by atoms with E-state index < -0.39 is 11.0 Å². The molecule has 1 aliphatic rings. The number of ether oxygens (including phenoxy) is 1. The number of benzene rings is 2. The van der Waals surface area contributed by atoms with Crippen molar-refractivity contribution in [3.8, 4) is 5.75 Å². The van der Waals surface area contributed by atoms with Crippen LogP contribution in [-0.4, -0.2) is 48.0 Å². The van der Waals surface area contributed by atoms with E-state index in [-0.39, 0.29) is 11.6 Å². The number of halogens is 2. The molecule has 7 nitrogen and oxygen atoms in total. The van der Waals surface area contributed by atoms with E-state index in [0.717, 1.165) is 5.56 Å². The Bertz CT molecular complexity index is 930. The fourth-order valence-corrected chi connectivity index (χ4v) is 3.71. The van der Waals surface area contributed by atoms with E-state index in [9.17, 15) is 14.9 Å². The maximum atomic E-state index is 12.8. The Morgan fingerprint density at radius 3 is 2.34 bits per heavy atom. The lowest BCUT2D eigenvalue weighted by molar-refractivity contribution is -0.384. The Morgan fingerprint density at radius 1 is 1.10 bits per heavy atom. The summed E-state index contributed by atoms with van der Waals surface area (Å²) in [6.07, 6.45) is -0.647. The first-order valence-electron chi connectivity index (χ1n) is 9.16. The van der Waals surface area contributed by atoms with Crippen molar-refractivity contribution in [2.24, 2.45) is 0 Å². The van der Waals surface area contributed by atoms with E-state index in [1.165, 1.54) is 6.07 Å². The molecule has 9 heteroatoms. The van der Waals surface area contributed by atoms with Gasteiger partial charge in [0.05, 0.1) is 4.92 Å². The second-order valence-electron chi connectivity index (χ2n) is 6.87. The molecule has 1 unspecified atom stereocenters. The molecule has 1 heterocycles. The van der Waals surface area contributed by atoms with E-state index in [1.54, 1.807) is 42.2 Å². The second-order valence-corrected chi connectivity index (χ2v) is 7.75. The number of nitro benzene ring substituents is 1. The van der Waals surface area contributed by atoms with Crippen LogP contribution in [-0.2, 0) is 4.79 Å². The fraction of sp³-hybridized carbons (Fsp3) is 0.350. The number of carbonyl (C=O) groups is 1. The quantitative estimate of drug-likeness (QED) is 0.513. The lowest BCUT2D eigenvalue weighted by Crippen LogP contribution is -2.52. The first kappa shape index (κ1) is 21.2. The van der Waals surface area contributed by atoms with Crippen molar-refractivity contribution in [1.29, 1.82) is 0 Å². The summed E-state index contributed by atoms with van der Waals surface area (Å²) < 4.78 is 5.82.